The predicted octanol–water partition coefficient (Wildman–Crippen LogP) is 13.3. The Morgan fingerprint density at radius 3 is 2.17 bits per heavy atom. The maximum atomic E-state index is 6.77. The minimum Gasteiger partial charge on any atom is -0.456 e. The van der Waals surface area contributed by atoms with Crippen LogP contribution in [0, 0.1) is 6.92 Å². The summed E-state index contributed by atoms with van der Waals surface area (Å²) in [6.07, 6.45) is 3.27. The average Bonchev–Trinajstić information content (AvgIpc) is 3.93. The molecule has 0 saturated carbocycles. The molecule has 60 heavy (non-hydrogen) atoms. The summed E-state index contributed by atoms with van der Waals surface area (Å²) >= 11 is 0. The predicted molar refractivity (Wildman–Crippen MR) is 253 cm³/mol. The van der Waals surface area contributed by atoms with E-state index in [0.29, 0.717) is 0 Å². The second-order valence-electron chi connectivity index (χ2n) is 19.5. The minimum atomic E-state index is -0.0569. The average molecular weight is 771 g/mol. The van der Waals surface area contributed by atoms with Gasteiger partial charge in [0.1, 0.15) is 11.2 Å². The van der Waals surface area contributed by atoms with Gasteiger partial charge in [-0.05, 0) is 146 Å². The van der Waals surface area contributed by atoms with E-state index >= 15 is 0 Å². The first kappa shape index (κ1) is 33.3. The Hall–Kier alpha value is -6.52. The number of benzene rings is 8. The van der Waals surface area contributed by atoms with Crippen LogP contribution < -0.4 is 15.7 Å². The molecule has 2 aliphatic heterocycles. The summed E-state index contributed by atoms with van der Waals surface area (Å²) in [5.41, 5.74) is 23.8. The zero-order chi connectivity index (χ0) is 40.0. The molecule has 4 aliphatic rings. The Kier molecular flexibility index (Phi) is 6.11. The van der Waals surface area contributed by atoms with Gasteiger partial charge in [0.05, 0.1) is 11.0 Å². The van der Waals surface area contributed by atoms with Crippen molar-refractivity contribution < 1.29 is 4.42 Å². The van der Waals surface area contributed by atoms with Gasteiger partial charge >= 0.3 is 6.85 Å². The van der Waals surface area contributed by atoms with Gasteiger partial charge in [0.25, 0.3) is 0 Å². The van der Waals surface area contributed by atoms with E-state index in [1.165, 1.54) is 134 Å². The van der Waals surface area contributed by atoms with Crippen molar-refractivity contribution in [1.82, 2.24) is 4.57 Å². The number of anilines is 2. The van der Waals surface area contributed by atoms with Crippen LogP contribution in [0.15, 0.2) is 138 Å². The van der Waals surface area contributed by atoms with Crippen LogP contribution in [-0.4, -0.2) is 11.4 Å². The zero-order valence-electron chi connectivity index (χ0n) is 34.7. The second-order valence-corrected chi connectivity index (χ2v) is 19.5. The summed E-state index contributed by atoms with van der Waals surface area (Å²) in [4.78, 5) is 2.76. The fraction of sp³-hybridized carbons (Fsp3) is 0.179. The Morgan fingerprint density at radius 2 is 1.32 bits per heavy atom. The van der Waals surface area contributed by atoms with E-state index in [-0.39, 0.29) is 17.7 Å². The highest BCUT2D eigenvalue weighted by Crippen LogP contribution is 2.55. The van der Waals surface area contributed by atoms with Gasteiger partial charge in [0.15, 0.2) is 0 Å². The van der Waals surface area contributed by atoms with E-state index in [9.17, 15) is 0 Å². The molecule has 8 aromatic carbocycles. The maximum absolute atomic E-state index is 6.77. The molecule has 3 nitrogen and oxygen atoms in total. The van der Waals surface area contributed by atoms with Gasteiger partial charge in [-0.2, -0.15) is 0 Å². The molecular formula is C56H43BN2O. The van der Waals surface area contributed by atoms with Gasteiger partial charge in [-0.3, -0.25) is 0 Å². The normalized spacial score (nSPS) is 16.4. The van der Waals surface area contributed by atoms with Crippen LogP contribution in [0.5, 0.6) is 0 Å². The van der Waals surface area contributed by atoms with Crippen molar-refractivity contribution in [3.05, 3.63) is 161 Å². The van der Waals surface area contributed by atoms with Crippen LogP contribution in [-0.2, 0) is 17.3 Å². The summed E-state index contributed by atoms with van der Waals surface area (Å²) in [5.74, 6) is 0. The minimum absolute atomic E-state index is 0.0569. The first-order chi connectivity index (χ1) is 29.2. The van der Waals surface area contributed by atoms with E-state index in [0.717, 1.165) is 17.6 Å². The summed E-state index contributed by atoms with van der Waals surface area (Å²) in [6, 6.07) is 51.0. The van der Waals surface area contributed by atoms with Crippen LogP contribution in [0.3, 0.4) is 0 Å². The molecule has 0 amide bonds. The summed E-state index contributed by atoms with van der Waals surface area (Å²) < 4.78 is 9.41. The summed E-state index contributed by atoms with van der Waals surface area (Å²) in [6.45, 7) is 12.1. The molecule has 0 fully saturated rings. The third-order valence-electron chi connectivity index (χ3n) is 15.3. The van der Waals surface area contributed by atoms with Gasteiger partial charge in [-0.25, -0.2) is 0 Å². The lowest BCUT2D eigenvalue weighted by molar-refractivity contribution is 0.332. The molecule has 286 valence electrons. The number of aryl methyl sites for hydroxylation is 1. The molecule has 14 rings (SSSR count). The quantitative estimate of drug-likeness (QED) is 0.155. The van der Waals surface area contributed by atoms with Crippen molar-refractivity contribution in [3.8, 4) is 27.9 Å². The van der Waals surface area contributed by atoms with E-state index in [1.807, 2.05) is 0 Å². The molecule has 10 aromatic rings. The summed E-state index contributed by atoms with van der Waals surface area (Å²) in [7, 11) is 0. The Bertz CT molecular complexity index is 3620. The lowest BCUT2D eigenvalue weighted by atomic mass is 9.43. The highest BCUT2D eigenvalue weighted by molar-refractivity contribution is 6.94. The fourth-order valence-corrected chi connectivity index (χ4v) is 12.3. The van der Waals surface area contributed by atoms with Crippen LogP contribution >= 0.6 is 0 Å². The molecule has 4 heterocycles. The van der Waals surface area contributed by atoms with E-state index in [2.05, 4.69) is 177 Å². The molecule has 4 heteroatoms. The number of furan rings is 1. The Balaban J connectivity index is 1.20. The Labute approximate surface area is 350 Å². The topological polar surface area (TPSA) is 21.3 Å². The molecule has 2 aromatic heterocycles. The number of para-hydroxylation sites is 2. The number of fused-ring (bicyclic) bond motifs is 17. The molecule has 0 bridgehead atoms. The van der Waals surface area contributed by atoms with Gasteiger partial charge < -0.3 is 13.8 Å². The second kappa shape index (κ2) is 11.0. The molecular weight excluding hydrogens is 727 g/mol. The number of aromatic nitrogens is 1. The lowest BCUT2D eigenvalue weighted by Crippen LogP contribution is -2.61. The highest BCUT2D eigenvalue weighted by atomic mass is 16.3. The molecule has 0 spiro atoms. The number of hydrogen-bond donors (Lipinski definition) is 0. The van der Waals surface area contributed by atoms with Gasteiger partial charge in [0, 0.05) is 44.2 Å². The van der Waals surface area contributed by atoms with E-state index < -0.39 is 0 Å². The van der Waals surface area contributed by atoms with Crippen LogP contribution in [0.1, 0.15) is 68.4 Å². The molecule has 2 aliphatic carbocycles. The molecule has 0 saturated heterocycles. The monoisotopic (exact) mass is 770 g/mol. The van der Waals surface area contributed by atoms with E-state index in [4.69, 9.17) is 4.42 Å². The fourth-order valence-electron chi connectivity index (χ4n) is 12.3. The van der Waals surface area contributed by atoms with Crippen LogP contribution in [0.4, 0.5) is 11.4 Å². The van der Waals surface area contributed by atoms with Gasteiger partial charge in [-0.15, -0.1) is 0 Å². The summed E-state index contributed by atoms with van der Waals surface area (Å²) in [5, 5.41) is 7.54. The van der Waals surface area contributed by atoms with Crippen molar-refractivity contribution in [2.75, 3.05) is 4.81 Å². The van der Waals surface area contributed by atoms with Crippen molar-refractivity contribution in [2.45, 2.75) is 64.7 Å². The van der Waals surface area contributed by atoms with Crippen molar-refractivity contribution >= 4 is 83.7 Å². The van der Waals surface area contributed by atoms with Crippen LogP contribution in [0.2, 0.25) is 0 Å². The number of nitrogens with zero attached hydrogens (tertiary/aromatic N) is 2. The van der Waals surface area contributed by atoms with Crippen molar-refractivity contribution in [2.24, 2.45) is 0 Å². The van der Waals surface area contributed by atoms with Gasteiger partial charge in [-0.1, -0.05) is 119 Å². The molecule has 0 N–H and O–H groups in total. The molecule has 0 radical (unpaired) electrons. The van der Waals surface area contributed by atoms with Crippen molar-refractivity contribution in [3.63, 3.8) is 0 Å². The van der Waals surface area contributed by atoms with Crippen LogP contribution in [0.25, 0.3) is 82.5 Å². The van der Waals surface area contributed by atoms with Gasteiger partial charge in [0.2, 0.25) is 0 Å². The third-order valence-corrected chi connectivity index (χ3v) is 15.3. The largest absolute Gasteiger partial charge is 0.456 e. The molecule has 0 unspecified atom stereocenters. The lowest BCUT2D eigenvalue weighted by Gasteiger charge is -2.46. The third kappa shape index (κ3) is 4.03. The maximum Gasteiger partial charge on any atom is 0.333 e. The zero-order valence-corrected chi connectivity index (χ0v) is 34.7. The number of hydrogen-bond acceptors (Lipinski definition) is 2. The standard InChI is InChI=1S/C56H43BN2O/c1-31-25-41-42(56(4,5)24-23-55(41,2)3)30-45(31)59-44-21-22-49-50(37-17-10-11-20-48(37)60-49)52(44)51-40-27-34-15-8-9-16-35(34)38(40)29-47-53(51)57(59)43-19-12-18-36-39-26-32-13-6-7-14-33(32)28-46(39)58(47)54(36)43/h6-22,25-26,28-30H,23-24,27H2,1-5H3. The molecule has 0 atom stereocenters. The Morgan fingerprint density at radius 1 is 0.583 bits per heavy atom. The van der Waals surface area contributed by atoms with E-state index in [1.54, 1.807) is 0 Å². The highest BCUT2D eigenvalue weighted by Gasteiger charge is 2.48. The first-order valence-corrected chi connectivity index (χ1v) is 21.8. The number of rotatable bonds is 1. The first-order valence-electron chi connectivity index (χ1n) is 21.8. The SMILES string of the molecule is Cc1cc2c(cc1N1B3c4c(cc5c(c4-c4c1ccc1oc6ccccc6c41)Cc1ccccc1-5)-n1c4cc5ccccc5cc4c4cccc3c41)C(C)(C)CCC2(C)C. The van der Waals surface area contributed by atoms with Crippen molar-refractivity contribution in [1.29, 1.82) is 0 Å². The smallest absolute Gasteiger partial charge is 0.333 e.